The lowest BCUT2D eigenvalue weighted by Gasteiger charge is -2.13. The molecule has 0 fully saturated rings. The summed E-state index contributed by atoms with van der Waals surface area (Å²) < 4.78 is 6.67. The fraction of sp³-hybridized carbons (Fsp3) is 0.0526. The van der Waals surface area contributed by atoms with E-state index < -0.39 is 0 Å². The number of pyridine rings is 1. The number of ether oxygens (including phenoxy) is 1. The normalized spacial score (nSPS) is 10.3. The molecule has 0 aliphatic rings. The third kappa shape index (κ3) is 4.59. The van der Waals surface area contributed by atoms with Gasteiger partial charge in [0.1, 0.15) is 12.4 Å². The summed E-state index contributed by atoms with van der Waals surface area (Å²) in [5.74, 6) is 0.199. The predicted molar refractivity (Wildman–Crippen MR) is 102 cm³/mol. The quantitative estimate of drug-likeness (QED) is 0.610. The van der Waals surface area contributed by atoms with Crippen molar-refractivity contribution in [3.63, 3.8) is 0 Å². The molecule has 0 bridgehead atoms. The summed E-state index contributed by atoms with van der Waals surface area (Å²) in [7, 11) is 0. The lowest BCUT2D eigenvalue weighted by atomic mass is 10.1. The zero-order chi connectivity index (χ0) is 17.6. The number of aromatic nitrogens is 1. The Bertz CT molecular complexity index is 888. The summed E-state index contributed by atoms with van der Waals surface area (Å²) in [6.45, 7) is 0.267. The van der Waals surface area contributed by atoms with Crippen molar-refractivity contribution in [2.75, 3.05) is 5.32 Å². The highest BCUT2D eigenvalue weighted by molar-refractivity contribution is 9.10. The first-order valence-electron chi connectivity index (χ1n) is 7.50. The third-order valence-electron chi connectivity index (χ3n) is 3.45. The van der Waals surface area contributed by atoms with Crippen LogP contribution in [0.5, 0.6) is 5.75 Å². The zero-order valence-corrected chi connectivity index (χ0v) is 15.4. The molecule has 0 unspecified atom stereocenters. The fourth-order valence-corrected chi connectivity index (χ4v) is 2.74. The number of carbonyl (C=O) groups is 1. The number of nitrogens with zero attached hydrogens (tertiary/aromatic N) is 1. The van der Waals surface area contributed by atoms with Crippen LogP contribution >= 0.6 is 27.5 Å². The second-order valence-corrected chi connectivity index (χ2v) is 6.54. The van der Waals surface area contributed by atoms with Gasteiger partial charge < -0.3 is 10.1 Å². The first kappa shape index (κ1) is 17.5. The van der Waals surface area contributed by atoms with Gasteiger partial charge in [-0.05, 0) is 36.4 Å². The maximum atomic E-state index is 12.6. The molecule has 126 valence electrons. The SMILES string of the molecule is O=C(Nc1cccnc1)c1ccc(Br)cc1OCc1ccccc1Cl. The molecule has 1 amide bonds. The van der Waals surface area contributed by atoms with Crippen LogP contribution in [0.4, 0.5) is 5.69 Å². The highest BCUT2D eigenvalue weighted by Gasteiger charge is 2.14. The van der Waals surface area contributed by atoms with Crippen molar-refractivity contribution < 1.29 is 9.53 Å². The molecule has 3 rings (SSSR count). The Morgan fingerprint density at radius 1 is 1.16 bits per heavy atom. The number of benzene rings is 2. The van der Waals surface area contributed by atoms with Gasteiger partial charge in [0.05, 0.1) is 17.4 Å². The minimum Gasteiger partial charge on any atom is -0.488 e. The summed E-state index contributed by atoms with van der Waals surface area (Å²) in [6, 6.07) is 16.2. The molecule has 2 aromatic carbocycles. The van der Waals surface area contributed by atoms with Crippen LogP contribution in [-0.4, -0.2) is 10.9 Å². The molecule has 0 saturated heterocycles. The molecule has 4 nitrogen and oxygen atoms in total. The third-order valence-corrected chi connectivity index (χ3v) is 4.31. The number of amides is 1. The van der Waals surface area contributed by atoms with Gasteiger partial charge in [0.2, 0.25) is 0 Å². The number of rotatable bonds is 5. The molecule has 0 spiro atoms. The monoisotopic (exact) mass is 416 g/mol. The van der Waals surface area contributed by atoms with E-state index in [1.165, 1.54) is 0 Å². The van der Waals surface area contributed by atoms with Crippen LogP contribution in [0.2, 0.25) is 5.02 Å². The maximum absolute atomic E-state index is 12.6. The Kier molecular flexibility index (Phi) is 5.68. The van der Waals surface area contributed by atoms with Crippen molar-refractivity contribution in [3.05, 3.63) is 87.6 Å². The average Bonchev–Trinajstić information content (AvgIpc) is 2.62. The van der Waals surface area contributed by atoms with E-state index in [2.05, 4.69) is 26.2 Å². The van der Waals surface area contributed by atoms with E-state index in [1.54, 1.807) is 48.8 Å². The molecular formula is C19H14BrClN2O2. The smallest absolute Gasteiger partial charge is 0.259 e. The average molecular weight is 418 g/mol. The summed E-state index contributed by atoms with van der Waals surface area (Å²) in [5, 5.41) is 3.43. The predicted octanol–water partition coefficient (Wildman–Crippen LogP) is 5.33. The maximum Gasteiger partial charge on any atom is 0.259 e. The van der Waals surface area contributed by atoms with E-state index in [0.717, 1.165) is 10.0 Å². The van der Waals surface area contributed by atoms with Gasteiger partial charge in [-0.25, -0.2) is 0 Å². The van der Waals surface area contributed by atoms with Crippen LogP contribution in [0.25, 0.3) is 0 Å². The Balaban J connectivity index is 1.80. The highest BCUT2D eigenvalue weighted by atomic mass is 79.9. The lowest BCUT2D eigenvalue weighted by molar-refractivity contribution is 0.102. The Morgan fingerprint density at radius 3 is 2.76 bits per heavy atom. The minimum absolute atomic E-state index is 0.267. The van der Waals surface area contributed by atoms with Crippen LogP contribution in [0.3, 0.4) is 0 Å². The molecule has 0 saturated carbocycles. The van der Waals surface area contributed by atoms with Crippen LogP contribution in [-0.2, 0) is 6.61 Å². The lowest BCUT2D eigenvalue weighted by Crippen LogP contribution is -2.14. The summed E-state index contributed by atoms with van der Waals surface area (Å²) in [5.41, 5.74) is 1.90. The topological polar surface area (TPSA) is 51.2 Å². The van der Waals surface area contributed by atoms with Gasteiger partial charge in [0.15, 0.2) is 0 Å². The van der Waals surface area contributed by atoms with Crippen molar-refractivity contribution in [1.82, 2.24) is 4.98 Å². The Morgan fingerprint density at radius 2 is 2.00 bits per heavy atom. The Hall–Kier alpha value is -2.37. The highest BCUT2D eigenvalue weighted by Crippen LogP contribution is 2.26. The van der Waals surface area contributed by atoms with Gasteiger partial charge in [0.25, 0.3) is 5.91 Å². The molecule has 25 heavy (non-hydrogen) atoms. The molecule has 0 radical (unpaired) electrons. The molecule has 1 heterocycles. The van der Waals surface area contributed by atoms with Crippen molar-refractivity contribution in [1.29, 1.82) is 0 Å². The van der Waals surface area contributed by atoms with Crippen LogP contribution in [0.15, 0.2) is 71.5 Å². The van der Waals surface area contributed by atoms with E-state index in [-0.39, 0.29) is 12.5 Å². The van der Waals surface area contributed by atoms with Crippen molar-refractivity contribution in [2.45, 2.75) is 6.61 Å². The molecule has 0 atom stereocenters. The van der Waals surface area contributed by atoms with E-state index in [0.29, 0.717) is 22.0 Å². The largest absolute Gasteiger partial charge is 0.488 e. The van der Waals surface area contributed by atoms with Gasteiger partial charge >= 0.3 is 0 Å². The van der Waals surface area contributed by atoms with Crippen molar-refractivity contribution in [3.8, 4) is 5.75 Å². The second kappa shape index (κ2) is 8.14. The van der Waals surface area contributed by atoms with Crippen LogP contribution < -0.4 is 10.1 Å². The van der Waals surface area contributed by atoms with Crippen molar-refractivity contribution in [2.24, 2.45) is 0 Å². The van der Waals surface area contributed by atoms with Gasteiger partial charge in [-0.2, -0.15) is 0 Å². The number of carbonyl (C=O) groups excluding carboxylic acids is 1. The van der Waals surface area contributed by atoms with Gasteiger partial charge in [0, 0.05) is 21.3 Å². The molecule has 0 aliphatic carbocycles. The molecular weight excluding hydrogens is 404 g/mol. The van der Waals surface area contributed by atoms with Crippen molar-refractivity contribution >= 4 is 39.1 Å². The molecule has 3 aromatic rings. The van der Waals surface area contributed by atoms with Gasteiger partial charge in [-0.15, -0.1) is 0 Å². The summed E-state index contributed by atoms with van der Waals surface area (Å²) >= 11 is 9.56. The van der Waals surface area contributed by atoms with Crippen LogP contribution in [0.1, 0.15) is 15.9 Å². The standard InChI is InChI=1S/C19H14BrClN2O2/c20-14-7-8-16(19(24)23-15-5-3-9-22-11-15)18(10-14)25-12-13-4-1-2-6-17(13)21/h1-11H,12H2,(H,23,24). The van der Waals surface area contributed by atoms with E-state index in [4.69, 9.17) is 16.3 Å². The number of hydrogen-bond acceptors (Lipinski definition) is 3. The number of hydrogen-bond donors (Lipinski definition) is 1. The van der Waals surface area contributed by atoms with Gasteiger partial charge in [-0.1, -0.05) is 45.7 Å². The molecule has 1 aromatic heterocycles. The summed E-state index contributed by atoms with van der Waals surface area (Å²) in [4.78, 5) is 16.5. The first-order chi connectivity index (χ1) is 12.1. The number of anilines is 1. The van der Waals surface area contributed by atoms with E-state index >= 15 is 0 Å². The van der Waals surface area contributed by atoms with Gasteiger partial charge in [-0.3, -0.25) is 9.78 Å². The molecule has 6 heteroatoms. The fourth-order valence-electron chi connectivity index (χ4n) is 2.21. The Labute approximate surface area is 158 Å². The second-order valence-electron chi connectivity index (χ2n) is 5.22. The number of halogens is 2. The molecule has 1 N–H and O–H groups in total. The minimum atomic E-state index is -0.269. The van der Waals surface area contributed by atoms with E-state index in [9.17, 15) is 4.79 Å². The van der Waals surface area contributed by atoms with Crippen LogP contribution in [0, 0.1) is 0 Å². The molecule has 0 aliphatic heterocycles. The first-order valence-corrected chi connectivity index (χ1v) is 8.68. The zero-order valence-electron chi connectivity index (χ0n) is 13.1. The number of nitrogens with one attached hydrogen (secondary N) is 1. The summed E-state index contributed by atoms with van der Waals surface area (Å²) in [6.07, 6.45) is 3.23. The van der Waals surface area contributed by atoms with E-state index in [1.807, 2.05) is 18.2 Å².